The van der Waals surface area contributed by atoms with Gasteiger partial charge in [-0.3, -0.25) is 4.79 Å². The van der Waals surface area contributed by atoms with Crippen LogP contribution in [0, 0.1) is 0 Å². The first kappa shape index (κ1) is 15.8. The van der Waals surface area contributed by atoms with Crippen LogP contribution in [0.5, 0.6) is 0 Å². The van der Waals surface area contributed by atoms with Crippen LogP contribution in [-0.2, 0) is 17.8 Å². The van der Waals surface area contributed by atoms with E-state index >= 15 is 0 Å². The molecule has 1 aromatic carbocycles. The molecule has 0 saturated heterocycles. The molecule has 1 aromatic heterocycles. The first-order chi connectivity index (χ1) is 10.3. The lowest BCUT2D eigenvalue weighted by Gasteiger charge is -2.25. The van der Waals surface area contributed by atoms with Crippen molar-refractivity contribution in [3.8, 4) is 0 Å². The third kappa shape index (κ3) is 2.87. The Morgan fingerprint density at radius 1 is 1.23 bits per heavy atom. The largest absolute Gasteiger partial charge is 0.352 e. The second-order valence-corrected chi connectivity index (χ2v) is 7.26. The van der Waals surface area contributed by atoms with Crippen molar-refractivity contribution in [3.63, 3.8) is 0 Å². The molecule has 5 heteroatoms. The monoisotopic (exact) mass is 336 g/mol. The lowest BCUT2D eigenvalue weighted by Crippen LogP contribution is -2.49. The van der Waals surface area contributed by atoms with Gasteiger partial charge < -0.3 is 10.6 Å². The third-order valence-electron chi connectivity index (χ3n) is 4.72. The van der Waals surface area contributed by atoms with Gasteiger partial charge in [-0.1, -0.05) is 31.0 Å². The summed E-state index contributed by atoms with van der Waals surface area (Å²) in [6.45, 7) is 0.817. The fourth-order valence-corrected chi connectivity index (χ4v) is 4.75. The number of hydrogen-bond donors (Lipinski definition) is 2. The van der Waals surface area contributed by atoms with Crippen LogP contribution in [0.3, 0.4) is 0 Å². The fraction of sp³-hybridized carbons (Fsp3) is 0.471. The van der Waals surface area contributed by atoms with Gasteiger partial charge in [0.15, 0.2) is 0 Å². The number of nitrogens with one attached hydrogen (secondary N) is 2. The van der Waals surface area contributed by atoms with Gasteiger partial charge in [0.05, 0.1) is 6.04 Å². The van der Waals surface area contributed by atoms with E-state index in [1.807, 2.05) is 11.3 Å². The van der Waals surface area contributed by atoms with Gasteiger partial charge in [0.2, 0.25) is 5.91 Å². The highest BCUT2D eigenvalue weighted by Gasteiger charge is 2.28. The molecule has 22 heavy (non-hydrogen) atoms. The van der Waals surface area contributed by atoms with Gasteiger partial charge in [-0.05, 0) is 36.3 Å². The van der Waals surface area contributed by atoms with Gasteiger partial charge in [-0.2, -0.15) is 0 Å². The first-order valence-corrected chi connectivity index (χ1v) is 8.66. The highest BCUT2D eigenvalue weighted by Crippen LogP contribution is 2.34. The zero-order valence-electron chi connectivity index (χ0n) is 12.4. The third-order valence-corrected chi connectivity index (χ3v) is 5.93. The first-order valence-electron chi connectivity index (χ1n) is 7.84. The average molecular weight is 337 g/mol. The molecule has 3 nitrogen and oxygen atoms in total. The van der Waals surface area contributed by atoms with Crippen LogP contribution in [0.25, 0.3) is 10.1 Å². The van der Waals surface area contributed by atoms with Crippen LogP contribution in [-0.4, -0.2) is 18.0 Å². The van der Waals surface area contributed by atoms with Crippen molar-refractivity contribution in [1.29, 1.82) is 0 Å². The van der Waals surface area contributed by atoms with Crippen molar-refractivity contribution in [3.05, 3.63) is 34.7 Å². The number of thiophene rings is 1. The molecular weight excluding hydrogens is 316 g/mol. The zero-order valence-corrected chi connectivity index (χ0v) is 14.1. The van der Waals surface area contributed by atoms with Gasteiger partial charge in [0.1, 0.15) is 0 Å². The Hall–Kier alpha value is -1.10. The minimum Gasteiger partial charge on any atom is -0.352 e. The fourth-order valence-electron chi connectivity index (χ4n) is 3.57. The Morgan fingerprint density at radius 3 is 2.82 bits per heavy atom. The molecule has 1 saturated carbocycles. The summed E-state index contributed by atoms with van der Waals surface area (Å²) in [7, 11) is 0. The van der Waals surface area contributed by atoms with Gasteiger partial charge in [-0.15, -0.1) is 23.7 Å². The Morgan fingerprint density at radius 2 is 2.00 bits per heavy atom. The van der Waals surface area contributed by atoms with E-state index in [0.717, 1.165) is 25.8 Å². The Bertz CT molecular complexity index is 678. The zero-order chi connectivity index (χ0) is 14.2. The number of hydrogen-bond acceptors (Lipinski definition) is 3. The molecule has 2 heterocycles. The van der Waals surface area contributed by atoms with Crippen LogP contribution >= 0.6 is 23.7 Å². The summed E-state index contributed by atoms with van der Waals surface area (Å²) in [5.41, 5.74) is 1.38. The van der Waals surface area contributed by atoms with E-state index in [9.17, 15) is 4.79 Å². The predicted octanol–water partition coefficient (Wildman–Crippen LogP) is 3.40. The number of halogens is 1. The minimum absolute atomic E-state index is 0. The predicted molar refractivity (Wildman–Crippen MR) is 93.8 cm³/mol. The molecule has 2 aromatic rings. The van der Waals surface area contributed by atoms with Crippen LogP contribution in [0.1, 0.15) is 36.1 Å². The normalized spacial score (nSPS) is 21.4. The van der Waals surface area contributed by atoms with E-state index in [2.05, 4.69) is 34.9 Å². The van der Waals surface area contributed by atoms with Gasteiger partial charge in [-0.25, -0.2) is 0 Å². The number of carbonyl (C=O) groups excluding carboxylic acids is 1. The smallest absolute Gasteiger partial charge is 0.237 e. The molecule has 4 rings (SSSR count). The molecule has 1 amide bonds. The highest BCUT2D eigenvalue weighted by molar-refractivity contribution is 7.19. The number of fused-ring (bicyclic) bond motifs is 3. The number of amides is 1. The van der Waals surface area contributed by atoms with Crippen molar-refractivity contribution in [2.45, 2.75) is 50.7 Å². The summed E-state index contributed by atoms with van der Waals surface area (Å²) in [6.07, 6.45) is 5.61. The summed E-state index contributed by atoms with van der Waals surface area (Å²) in [6, 6.07) is 8.86. The lowest BCUT2D eigenvalue weighted by atomic mass is 9.98. The van der Waals surface area contributed by atoms with E-state index in [1.165, 1.54) is 33.4 Å². The maximum atomic E-state index is 12.5. The van der Waals surface area contributed by atoms with E-state index in [-0.39, 0.29) is 24.4 Å². The van der Waals surface area contributed by atoms with Crippen molar-refractivity contribution < 1.29 is 4.79 Å². The van der Waals surface area contributed by atoms with Crippen molar-refractivity contribution in [2.75, 3.05) is 0 Å². The topological polar surface area (TPSA) is 41.1 Å². The molecule has 1 aliphatic carbocycles. The maximum absolute atomic E-state index is 12.5. The number of benzene rings is 1. The molecule has 1 aliphatic heterocycles. The van der Waals surface area contributed by atoms with E-state index < -0.39 is 0 Å². The van der Waals surface area contributed by atoms with Crippen molar-refractivity contribution >= 4 is 39.7 Å². The molecule has 0 radical (unpaired) electrons. The number of carbonyl (C=O) groups is 1. The standard InChI is InChI=1S/C17H20N2OS.ClH/c20-17(19-11-5-1-2-6-11)14-9-13-12-7-3-4-8-15(12)21-16(13)10-18-14;/h3-4,7-8,11,14,18H,1-2,5-6,9-10H2,(H,19,20);1H/t14-;/m1./s1. The Balaban J connectivity index is 0.00000144. The Labute approximate surface area is 140 Å². The van der Waals surface area contributed by atoms with Crippen LogP contribution < -0.4 is 10.6 Å². The second-order valence-electron chi connectivity index (χ2n) is 6.13. The van der Waals surface area contributed by atoms with Crippen LogP contribution in [0.4, 0.5) is 0 Å². The SMILES string of the molecule is Cl.O=C(NC1CCCC1)[C@H]1Cc2c(sc3ccccc23)CN1. The number of rotatable bonds is 2. The molecule has 0 unspecified atom stereocenters. The molecule has 0 bridgehead atoms. The molecule has 2 N–H and O–H groups in total. The molecule has 2 aliphatic rings. The quantitative estimate of drug-likeness (QED) is 0.882. The van der Waals surface area contributed by atoms with Crippen molar-refractivity contribution in [2.24, 2.45) is 0 Å². The average Bonchev–Trinajstić information content (AvgIpc) is 3.13. The van der Waals surface area contributed by atoms with Gasteiger partial charge in [0.25, 0.3) is 0 Å². The molecule has 1 atom stereocenters. The van der Waals surface area contributed by atoms with Gasteiger partial charge in [0, 0.05) is 22.2 Å². The highest BCUT2D eigenvalue weighted by atomic mass is 35.5. The summed E-state index contributed by atoms with van der Waals surface area (Å²) in [4.78, 5) is 13.8. The van der Waals surface area contributed by atoms with Crippen LogP contribution in [0.15, 0.2) is 24.3 Å². The van der Waals surface area contributed by atoms with E-state index in [0.29, 0.717) is 6.04 Å². The minimum atomic E-state index is -0.0730. The van der Waals surface area contributed by atoms with E-state index in [1.54, 1.807) is 0 Å². The summed E-state index contributed by atoms with van der Waals surface area (Å²) in [5.74, 6) is 0.183. The maximum Gasteiger partial charge on any atom is 0.237 e. The molecule has 1 fully saturated rings. The molecule has 118 valence electrons. The van der Waals surface area contributed by atoms with E-state index in [4.69, 9.17) is 0 Å². The molecular formula is C17H21ClN2OS. The summed E-state index contributed by atoms with van der Waals surface area (Å²) < 4.78 is 1.33. The van der Waals surface area contributed by atoms with Crippen LogP contribution in [0.2, 0.25) is 0 Å². The second kappa shape index (κ2) is 6.57. The summed E-state index contributed by atoms with van der Waals surface area (Å²) in [5, 5.41) is 7.96. The van der Waals surface area contributed by atoms with Crippen molar-refractivity contribution in [1.82, 2.24) is 10.6 Å². The molecule has 0 spiro atoms. The summed E-state index contributed by atoms with van der Waals surface area (Å²) >= 11 is 1.85. The van der Waals surface area contributed by atoms with Gasteiger partial charge >= 0.3 is 0 Å². The lowest BCUT2D eigenvalue weighted by molar-refractivity contribution is -0.124. The Kier molecular flexibility index (Phi) is 4.71.